The summed E-state index contributed by atoms with van der Waals surface area (Å²) in [5.41, 5.74) is 3.17. The van der Waals surface area contributed by atoms with Gasteiger partial charge < -0.3 is 10.2 Å². The fourth-order valence-corrected chi connectivity index (χ4v) is 4.21. The standard InChI is InChI=1S/C25H33FN2O2S/c1-4-6-14-27-25(30)23(5-2)28(16-20-10-12-22(26)13-11-20)24(29)18-31-17-21-9-7-8-19(3)15-21/h7-13,15,23H,4-6,14,16-18H2,1-3H3,(H,27,30)/t23-/m0/s1. The Bertz CT molecular complexity index is 842. The summed E-state index contributed by atoms with van der Waals surface area (Å²) < 4.78 is 13.3. The molecule has 0 aliphatic heterocycles. The van der Waals surface area contributed by atoms with E-state index in [1.165, 1.54) is 23.3 Å². The maximum atomic E-state index is 13.3. The van der Waals surface area contributed by atoms with E-state index >= 15 is 0 Å². The number of benzene rings is 2. The molecule has 1 atom stereocenters. The van der Waals surface area contributed by atoms with Crippen molar-refractivity contribution in [1.82, 2.24) is 10.2 Å². The molecule has 0 aliphatic rings. The predicted octanol–water partition coefficient (Wildman–Crippen LogP) is 5.09. The fourth-order valence-electron chi connectivity index (χ4n) is 3.35. The molecule has 1 N–H and O–H groups in total. The zero-order valence-corrected chi connectivity index (χ0v) is 19.5. The molecule has 2 rings (SSSR count). The van der Waals surface area contributed by atoms with Crippen LogP contribution in [0.1, 0.15) is 49.8 Å². The van der Waals surface area contributed by atoms with Crippen LogP contribution in [0.15, 0.2) is 48.5 Å². The molecular weight excluding hydrogens is 411 g/mol. The van der Waals surface area contributed by atoms with Crippen LogP contribution in [0.5, 0.6) is 0 Å². The highest BCUT2D eigenvalue weighted by Gasteiger charge is 2.28. The lowest BCUT2D eigenvalue weighted by Crippen LogP contribution is -2.49. The van der Waals surface area contributed by atoms with Crippen molar-refractivity contribution in [2.45, 2.75) is 58.4 Å². The molecule has 0 saturated heterocycles. The van der Waals surface area contributed by atoms with Crippen LogP contribution in [0, 0.1) is 12.7 Å². The molecular formula is C25H33FN2O2S. The topological polar surface area (TPSA) is 49.4 Å². The smallest absolute Gasteiger partial charge is 0.242 e. The van der Waals surface area contributed by atoms with Gasteiger partial charge in [-0.25, -0.2) is 4.39 Å². The molecule has 0 saturated carbocycles. The summed E-state index contributed by atoms with van der Waals surface area (Å²) in [5, 5.41) is 2.95. The van der Waals surface area contributed by atoms with Crippen LogP contribution in [0.25, 0.3) is 0 Å². The Kier molecular flexibility index (Phi) is 10.6. The van der Waals surface area contributed by atoms with Crippen LogP contribution < -0.4 is 5.32 Å². The third-order valence-corrected chi connectivity index (χ3v) is 6.05. The predicted molar refractivity (Wildman–Crippen MR) is 126 cm³/mol. The van der Waals surface area contributed by atoms with Gasteiger partial charge in [-0.3, -0.25) is 9.59 Å². The SMILES string of the molecule is CCCCNC(=O)[C@H](CC)N(Cc1ccc(F)cc1)C(=O)CSCc1cccc(C)c1. The molecule has 2 aromatic rings. The van der Waals surface area contributed by atoms with E-state index in [0.717, 1.165) is 24.2 Å². The van der Waals surface area contributed by atoms with Gasteiger partial charge in [0.2, 0.25) is 11.8 Å². The number of unbranched alkanes of at least 4 members (excludes halogenated alkanes) is 1. The Morgan fingerprint density at radius 1 is 1.10 bits per heavy atom. The van der Waals surface area contributed by atoms with E-state index in [-0.39, 0.29) is 29.9 Å². The third kappa shape index (κ3) is 8.37. The lowest BCUT2D eigenvalue weighted by Gasteiger charge is -2.30. The highest BCUT2D eigenvalue weighted by Crippen LogP contribution is 2.18. The second-order valence-electron chi connectivity index (χ2n) is 7.70. The lowest BCUT2D eigenvalue weighted by molar-refractivity contribution is -0.139. The van der Waals surface area contributed by atoms with Crippen molar-refractivity contribution < 1.29 is 14.0 Å². The molecule has 0 bridgehead atoms. The Labute approximate surface area is 189 Å². The molecule has 0 spiro atoms. The van der Waals surface area contributed by atoms with E-state index < -0.39 is 6.04 Å². The first-order chi connectivity index (χ1) is 14.9. The van der Waals surface area contributed by atoms with Crippen molar-refractivity contribution in [3.63, 3.8) is 0 Å². The first-order valence-corrected chi connectivity index (χ1v) is 12.0. The number of aryl methyl sites for hydroxylation is 1. The average Bonchev–Trinajstić information content (AvgIpc) is 2.75. The molecule has 6 heteroatoms. The molecule has 2 aromatic carbocycles. The number of halogens is 1. The number of hydrogen-bond acceptors (Lipinski definition) is 3. The van der Waals surface area contributed by atoms with Crippen molar-refractivity contribution in [2.24, 2.45) is 0 Å². The highest BCUT2D eigenvalue weighted by atomic mass is 32.2. The van der Waals surface area contributed by atoms with Gasteiger partial charge in [-0.2, -0.15) is 0 Å². The summed E-state index contributed by atoms with van der Waals surface area (Å²) in [7, 11) is 0. The first kappa shape index (κ1) is 24.9. The van der Waals surface area contributed by atoms with Gasteiger partial charge in [-0.1, -0.05) is 62.2 Å². The molecule has 168 valence electrons. The lowest BCUT2D eigenvalue weighted by atomic mass is 10.1. The van der Waals surface area contributed by atoms with Crippen LogP contribution in [0.3, 0.4) is 0 Å². The quantitative estimate of drug-likeness (QED) is 0.464. The molecule has 2 amide bonds. The number of thioether (sulfide) groups is 1. The van der Waals surface area contributed by atoms with Gasteiger partial charge in [0.15, 0.2) is 0 Å². The van der Waals surface area contributed by atoms with Crippen LogP contribution in [-0.4, -0.2) is 35.1 Å². The van der Waals surface area contributed by atoms with E-state index in [2.05, 4.69) is 24.4 Å². The molecule has 0 unspecified atom stereocenters. The van der Waals surface area contributed by atoms with Gasteiger partial charge in [-0.15, -0.1) is 11.8 Å². The number of nitrogens with zero attached hydrogens (tertiary/aromatic N) is 1. The van der Waals surface area contributed by atoms with Crippen LogP contribution in [-0.2, 0) is 21.9 Å². The van der Waals surface area contributed by atoms with Crippen molar-refractivity contribution >= 4 is 23.6 Å². The summed E-state index contributed by atoms with van der Waals surface area (Å²) in [5.74, 6) is 0.486. The maximum Gasteiger partial charge on any atom is 0.242 e. The fraction of sp³-hybridized carbons (Fsp3) is 0.440. The molecule has 4 nitrogen and oxygen atoms in total. The van der Waals surface area contributed by atoms with Crippen LogP contribution in [0.4, 0.5) is 4.39 Å². The van der Waals surface area contributed by atoms with Gasteiger partial charge in [0.1, 0.15) is 11.9 Å². The number of carbonyl (C=O) groups excluding carboxylic acids is 2. The first-order valence-electron chi connectivity index (χ1n) is 10.9. The van der Waals surface area contributed by atoms with Gasteiger partial charge in [-0.05, 0) is 43.0 Å². The Morgan fingerprint density at radius 3 is 2.48 bits per heavy atom. The summed E-state index contributed by atoms with van der Waals surface area (Å²) in [4.78, 5) is 27.6. The summed E-state index contributed by atoms with van der Waals surface area (Å²) >= 11 is 1.54. The van der Waals surface area contributed by atoms with E-state index in [0.29, 0.717) is 13.0 Å². The molecule has 0 aliphatic carbocycles. The Balaban J connectivity index is 2.09. The van der Waals surface area contributed by atoms with Gasteiger partial charge in [0.05, 0.1) is 5.75 Å². The number of amides is 2. The van der Waals surface area contributed by atoms with Gasteiger partial charge >= 0.3 is 0 Å². The van der Waals surface area contributed by atoms with Gasteiger partial charge in [0, 0.05) is 18.8 Å². The minimum Gasteiger partial charge on any atom is -0.354 e. The van der Waals surface area contributed by atoms with E-state index in [1.54, 1.807) is 28.8 Å². The second-order valence-corrected chi connectivity index (χ2v) is 8.68. The van der Waals surface area contributed by atoms with E-state index in [1.807, 2.05) is 26.0 Å². The van der Waals surface area contributed by atoms with E-state index in [4.69, 9.17) is 0 Å². The Hall–Kier alpha value is -2.34. The van der Waals surface area contributed by atoms with Crippen LogP contribution in [0.2, 0.25) is 0 Å². The largest absolute Gasteiger partial charge is 0.354 e. The molecule has 0 radical (unpaired) electrons. The number of rotatable bonds is 12. The number of nitrogens with one attached hydrogen (secondary N) is 1. The normalized spacial score (nSPS) is 11.7. The van der Waals surface area contributed by atoms with Crippen molar-refractivity contribution in [1.29, 1.82) is 0 Å². The maximum absolute atomic E-state index is 13.3. The Morgan fingerprint density at radius 2 is 1.84 bits per heavy atom. The monoisotopic (exact) mass is 444 g/mol. The molecule has 31 heavy (non-hydrogen) atoms. The molecule has 0 heterocycles. The summed E-state index contributed by atoms with van der Waals surface area (Å²) in [6.45, 7) is 6.91. The molecule has 0 fully saturated rings. The van der Waals surface area contributed by atoms with Crippen molar-refractivity contribution in [2.75, 3.05) is 12.3 Å². The zero-order valence-electron chi connectivity index (χ0n) is 18.7. The average molecular weight is 445 g/mol. The number of carbonyl (C=O) groups is 2. The molecule has 0 aromatic heterocycles. The summed E-state index contributed by atoms with van der Waals surface area (Å²) in [6.07, 6.45) is 2.42. The minimum absolute atomic E-state index is 0.0838. The van der Waals surface area contributed by atoms with Gasteiger partial charge in [0.25, 0.3) is 0 Å². The third-order valence-electron chi connectivity index (χ3n) is 5.06. The van der Waals surface area contributed by atoms with Crippen molar-refractivity contribution in [3.05, 3.63) is 71.0 Å². The minimum atomic E-state index is -0.547. The summed E-state index contributed by atoms with van der Waals surface area (Å²) in [6, 6.07) is 13.8. The second kappa shape index (κ2) is 13.2. The zero-order chi connectivity index (χ0) is 22.6. The van der Waals surface area contributed by atoms with Crippen molar-refractivity contribution in [3.8, 4) is 0 Å². The number of hydrogen-bond donors (Lipinski definition) is 1. The van der Waals surface area contributed by atoms with Crippen LogP contribution >= 0.6 is 11.8 Å². The van der Waals surface area contributed by atoms with E-state index in [9.17, 15) is 14.0 Å². The highest BCUT2D eigenvalue weighted by molar-refractivity contribution is 7.99.